The second-order valence-corrected chi connectivity index (χ2v) is 3.87. The quantitative estimate of drug-likeness (QED) is 0.808. The summed E-state index contributed by atoms with van der Waals surface area (Å²) in [4.78, 5) is 0. The van der Waals surface area contributed by atoms with Gasteiger partial charge in [0.15, 0.2) is 11.6 Å². The van der Waals surface area contributed by atoms with Crippen molar-refractivity contribution in [2.75, 3.05) is 0 Å². The third-order valence-corrected chi connectivity index (χ3v) is 2.59. The number of halogens is 2. The zero-order valence-corrected chi connectivity index (χ0v) is 9.35. The maximum atomic E-state index is 13.0. The van der Waals surface area contributed by atoms with E-state index in [1.54, 1.807) is 6.07 Å². The maximum absolute atomic E-state index is 13.0. The van der Waals surface area contributed by atoms with Crippen LogP contribution in [0.25, 0.3) is 0 Å². The highest BCUT2D eigenvalue weighted by atomic mass is 19.2. The summed E-state index contributed by atoms with van der Waals surface area (Å²) in [6.07, 6.45) is 1.01. The molecule has 1 aromatic rings. The Kier molecular flexibility index (Phi) is 4.21. The fourth-order valence-electron chi connectivity index (χ4n) is 1.42. The van der Waals surface area contributed by atoms with E-state index in [4.69, 9.17) is 0 Å². The van der Waals surface area contributed by atoms with Crippen LogP contribution >= 0.6 is 0 Å². The molecule has 0 aliphatic rings. The van der Waals surface area contributed by atoms with Gasteiger partial charge in [0.2, 0.25) is 0 Å². The lowest BCUT2D eigenvalue weighted by molar-refractivity contribution is 0.462. The molecule has 2 atom stereocenters. The van der Waals surface area contributed by atoms with Crippen molar-refractivity contribution in [2.24, 2.45) is 0 Å². The number of benzene rings is 1. The highest BCUT2D eigenvalue weighted by Gasteiger charge is 2.10. The van der Waals surface area contributed by atoms with Crippen LogP contribution in [0, 0.1) is 11.6 Å². The van der Waals surface area contributed by atoms with Crippen molar-refractivity contribution in [2.45, 2.75) is 39.3 Å². The first-order valence-electron chi connectivity index (χ1n) is 5.25. The van der Waals surface area contributed by atoms with Crippen LogP contribution in [0.5, 0.6) is 0 Å². The van der Waals surface area contributed by atoms with Gasteiger partial charge in [-0.05, 0) is 38.0 Å². The Balaban J connectivity index is 2.73. The molecule has 0 saturated carbocycles. The average molecular weight is 213 g/mol. The Hall–Kier alpha value is -0.960. The minimum atomic E-state index is -0.797. The number of rotatable bonds is 4. The van der Waals surface area contributed by atoms with Crippen molar-refractivity contribution in [3.63, 3.8) is 0 Å². The maximum Gasteiger partial charge on any atom is 0.159 e. The van der Waals surface area contributed by atoms with Crippen LogP contribution in [-0.2, 0) is 0 Å². The second kappa shape index (κ2) is 5.21. The Morgan fingerprint density at radius 2 is 1.87 bits per heavy atom. The molecule has 3 heteroatoms. The predicted molar refractivity (Wildman–Crippen MR) is 57.7 cm³/mol. The molecule has 1 aromatic carbocycles. The molecule has 15 heavy (non-hydrogen) atoms. The van der Waals surface area contributed by atoms with E-state index in [1.807, 2.05) is 6.92 Å². The zero-order chi connectivity index (χ0) is 11.4. The molecule has 0 aromatic heterocycles. The lowest BCUT2D eigenvalue weighted by Crippen LogP contribution is -2.28. The molecule has 0 spiro atoms. The molecule has 1 nitrogen and oxygen atoms in total. The highest BCUT2D eigenvalue weighted by Crippen LogP contribution is 2.16. The van der Waals surface area contributed by atoms with Gasteiger partial charge in [-0.2, -0.15) is 0 Å². The summed E-state index contributed by atoms with van der Waals surface area (Å²) in [6, 6.07) is 4.43. The van der Waals surface area contributed by atoms with Crippen LogP contribution in [0.3, 0.4) is 0 Å². The van der Waals surface area contributed by atoms with E-state index in [1.165, 1.54) is 12.1 Å². The van der Waals surface area contributed by atoms with Crippen LogP contribution in [0.1, 0.15) is 38.8 Å². The lowest BCUT2D eigenvalue weighted by atomic mass is 10.1. The van der Waals surface area contributed by atoms with E-state index in [-0.39, 0.29) is 6.04 Å². The van der Waals surface area contributed by atoms with Crippen molar-refractivity contribution in [1.29, 1.82) is 0 Å². The van der Waals surface area contributed by atoms with Gasteiger partial charge in [0.05, 0.1) is 0 Å². The lowest BCUT2D eigenvalue weighted by Gasteiger charge is -2.19. The summed E-state index contributed by atoms with van der Waals surface area (Å²) >= 11 is 0. The first-order valence-corrected chi connectivity index (χ1v) is 5.25. The summed E-state index contributed by atoms with van der Waals surface area (Å²) in [6.45, 7) is 6.09. The first-order chi connectivity index (χ1) is 7.04. The highest BCUT2D eigenvalue weighted by molar-refractivity contribution is 5.20. The minimum Gasteiger partial charge on any atom is -0.308 e. The van der Waals surface area contributed by atoms with Crippen molar-refractivity contribution < 1.29 is 8.78 Å². The van der Waals surface area contributed by atoms with Crippen molar-refractivity contribution in [3.05, 3.63) is 35.4 Å². The van der Waals surface area contributed by atoms with Crippen LogP contribution in [0.4, 0.5) is 8.78 Å². The normalized spacial score (nSPS) is 15.0. The number of nitrogens with one attached hydrogen (secondary N) is 1. The van der Waals surface area contributed by atoms with E-state index in [2.05, 4.69) is 19.2 Å². The van der Waals surface area contributed by atoms with E-state index in [9.17, 15) is 8.78 Å². The largest absolute Gasteiger partial charge is 0.308 e. The molecule has 0 radical (unpaired) electrons. The zero-order valence-electron chi connectivity index (χ0n) is 9.35. The van der Waals surface area contributed by atoms with Crippen LogP contribution in [0.15, 0.2) is 18.2 Å². The molecular formula is C12H17F2N. The van der Waals surface area contributed by atoms with Crippen LogP contribution in [0.2, 0.25) is 0 Å². The van der Waals surface area contributed by atoms with Gasteiger partial charge < -0.3 is 5.32 Å². The van der Waals surface area contributed by atoms with Gasteiger partial charge in [-0.15, -0.1) is 0 Å². The molecule has 0 saturated heterocycles. The fourth-order valence-corrected chi connectivity index (χ4v) is 1.42. The summed E-state index contributed by atoms with van der Waals surface area (Å²) in [7, 11) is 0. The van der Waals surface area contributed by atoms with E-state index in [0.29, 0.717) is 6.04 Å². The molecule has 0 amide bonds. The Labute approximate surface area is 89.5 Å². The summed E-state index contributed by atoms with van der Waals surface area (Å²) in [5.74, 6) is -1.58. The molecule has 0 heterocycles. The smallest absolute Gasteiger partial charge is 0.159 e. The number of hydrogen-bond donors (Lipinski definition) is 1. The minimum absolute atomic E-state index is 0.0371. The summed E-state index contributed by atoms with van der Waals surface area (Å²) < 4.78 is 25.7. The Morgan fingerprint density at radius 1 is 1.20 bits per heavy atom. The van der Waals surface area contributed by atoms with Crippen LogP contribution < -0.4 is 5.32 Å². The van der Waals surface area contributed by atoms with E-state index < -0.39 is 11.6 Å². The van der Waals surface area contributed by atoms with Gasteiger partial charge in [0.25, 0.3) is 0 Å². The fraction of sp³-hybridized carbons (Fsp3) is 0.500. The molecule has 0 aliphatic carbocycles. The molecule has 0 aliphatic heterocycles. The van der Waals surface area contributed by atoms with Crippen molar-refractivity contribution in [3.8, 4) is 0 Å². The third kappa shape index (κ3) is 3.27. The van der Waals surface area contributed by atoms with Gasteiger partial charge in [-0.3, -0.25) is 0 Å². The van der Waals surface area contributed by atoms with E-state index >= 15 is 0 Å². The molecule has 84 valence electrons. The molecule has 1 N–H and O–H groups in total. The third-order valence-electron chi connectivity index (χ3n) is 2.59. The van der Waals surface area contributed by atoms with Crippen molar-refractivity contribution >= 4 is 0 Å². The van der Waals surface area contributed by atoms with Gasteiger partial charge in [0.1, 0.15) is 0 Å². The molecule has 2 unspecified atom stereocenters. The molecule has 1 rings (SSSR count). The van der Waals surface area contributed by atoms with Gasteiger partial charge in [-0.1, -0.05) is 13.0 Å². The van der Waals surface area contributed by atoms with Gasteiger partial charge >= 0.3 is 0 Å². The van der Waals surface area contributed by atoms with Gasteiger partial charge in [-0.25, -0.2) is 8.78 Å². The Bertz CT molecular complexity index is 325. The monoisotopic (exact) mass is 213 g/mol. The summed E-state index contributed by atoms with van der Waals surface area (Å²) in [5.41, 5.74) is 0.772. The molecule has 0 bridgehead atoms. The second-order valence-electron chi connectivity index (χ2n) is 3.87. The van der Waals surface area contributed by atoms with E-state index in [0.717, 1.165) is 12.0 Å². The molecule has 0 fully saturated rings. The standard InChI is InChI=1S/C12H17F2N/c1-4-8(2)15-9(3)10-5-6-11(13)12(14)7-10/h5-9,15H,4H2,1-3H3. The predicted octanol–water partition coefficient (Wildman–Crippen LogP) is 3.41. The number of hydrogen-bond acceptors (Lipinski definition) is 1. The topological polar surface area (TPSA) is 12.0 Å². The van der Waals surface area contributed by atoms with Gasteiger partial charge in [0, 0.05) is 12.1 Å². The first kappa shape index (κ1) is 12.1. The van der Waals surface area contributed by atoms with Crippen molar-refractivity contribution in [1.82, 2.24) is 5.32 Å². The van der Waals surface area contributed by atoms with Crippen LogP contribution in [-0.4, -0.2) is 6.04 Å². The summed E-state index contributed by atoms with van der Waals surface area (Å²) in [5, 5.41) is 3.30. The average Bonchev–Trinajstić information content (AvgIpc) is 2.21. The Morgan fingerprint density at radius 3 is 2.40 bits per heavy atom. The SMILES string of the molecule is CCC(C)NC(C)c1ccc(F)c(F)c1. The molecular weight excluding hydrogens is 196 g/mol.